The molecule has 5 heteroatoms. The fourth-order valence-electron chi connectivity index (χ4n) is 3.23. The van der Waals surface area contributed by atoms with Gasteiger partial charge in [0, 0.05) is 15.6 Å². The highest BCUT2D eigenvalue weighted by Crippen LogP contribution is 2.22. The van der Waals surface area contributed by atoms with Crippen molar-refractivity contribution in [1.29, 1.82) is 0 Å². The number of aromatic nitrogens is 1. The number of anilines is 1. The summed E-state index contributed by atoms with van der Waals surface area (Å²) in [7, 11) is 0. The Morgan fingerprint density at radius 2 is 1.59 bits per heavy atom. The molecular weight excluding hydrogens is 398 g/mol. The van der Waals surface area contributed by atoms with Gasteiger partial charge in [-0.15, -0.1) is 0 Å². The lowest BCUT2D eigenvalue weighted by molar-refractivity contribution is 0.155. The summed E-state index contributed by atoms with van der Waals surface area (Å²) in [5, 5.41) is 2.59. The highest BCUT2D eigenvalue weighted by Gasteiger charge is 2.06. The number of nitrogens with two attached hydrogens (primary N) is 1. The molecule has 1 heterocycles. The molecule has 0 atom stereocenters. The second-order valence-corrected chi connectivity index (χ2v) is 7.86. The van der Waals surface area contributed by atoms with E-state index in [0.717, 1.165) is 11.5 Å². The highest BCUT2D eigenvalue weighted by molar-refractivity contribution is 5.84. The van der Waals surface area contributed by atoms with Crippen molar-refractivity contribution in [3.05, 3.63) is 96.3 Å². The van der Waals surface area contributed by atoms with E-state index in [0.29, 0.717) is 12.2 Å². The second kappa shape index (κ2) is 15.6. The number of hydrogen-bond donors (Lipinski definition) is 2. The first-order chi connectivity index (χ1) is 15.7. The molecule has 1 fully saturated rings. The van der Waals surface area contributed by atoms with Crippen LogP contribution in [0, 0.1) is 5.92 Å². The van der Waals surface area contributed by atoms with Gasteiger partial charge in [0.15, 0.2) is 0 Å². The smallest absolute Gasteiger partial charge is 0.412 e. The van der Waals surface area contributed by atoms with Gasteiger partial charge in [-0.1, -0.05) is 99.7 Å². The standard InChI is InChI=1S/C13H12N2O2.C7H9N.C7H14.2H2/c16-13(15-12-7-4-8-14-9-12)17-10-11-5-2-1-3-6-11;8-6-7-4-2-1-3-5-7;1-7-5-3-2-4-6-7;;/h1-9H,10H2,(H,15,16);1-5H,6,8H2;7H,2-6H2,1H3;2*1H. The van der Waals surface area contributed by atoms with Gasteiger partial charge in [0.2, 0.25) is 0 Å². The Labute approximate surface area is 195 Å². The Morgan fingerprint density at radius 1 is 0.969 bits per heavy atom. The third kappa shape index (κ3) is 11.3. The van der Waals surface area contributed by atoms with E-state index in [4.69, 9.17) is 10.5 Å². The lowest BCUT2D eigenvalue weighted by Crippen LogP contribution is -2.13. The zero-order valence-corrected chi connectivity index (χ0v) is 19.0. The summed E-state index contributed by atoms with van der Waals surface area (Å²) in [5.41, 5.74) is 8.11. The quantitative estimate of drug-likeness (QED) is 0.458. The van der Waals surface area contributed by atoms with Crippen molar-refractivity contribution in [2.45, 2.75) is 52.2 Å². The minimum absolute atomic E-state index is 0. The molecule has 3 aromatic rings. The molecule has 32 heavy (non-hydrogen) atoms. The van der Waals surface area contributed by atoms with Gasteiger partial charge in [0.25, 0.3) is 0 Å². The lowest BCUT2D eigenvalue weighted by atomic mass is 9.91. The predicted octanol–water partition coefficient (Wildman–Crippen LogP) is 7.05. The molecule has 2 aromatic carbocycles. The molecule has 1 saturated carbocycles. The summed E-state index contributed by atoms with van der Waals surface area (Å²) in [6, 6.07) is 23.0. The number of nitrogens with one attached hydrogen (secondary N) is 1. The molecule has 0 bridgehead atoms. The van der Waals surface area contributed by atoms with E-state index in [1.54, 1.807) is 24.5 Å². The highest BCUT2D eigenvalue weighted by atomic mass is 16.5. The van der Waals surface area contributed by atoms with E-state index in [9.17, 15) is 4.79 Å². The Kier molecular flexibility index (Phi) is 12.2. The van der Waals surface area contributed by atoms with Crippen molar-refractivity contribution >= 4 is 11.8 Å². The number of amides is 1. The normalized spacial score (nSPS) is 12.9. The minimum Gasteiger partial charge on any atom is -0.444 e. The van der Waals surface area contributed by atoms with Gasteiger partial charge in [-0.05, 0) is 29.2 Å². The molecule has 0 spiro atoms. The summed E-state index contributed by atoms with van der Waals surface area (Å²) in [4.78, 5) is 15.3. The largest absolute Gasteiger partial charge is 0.444 e. The first kappa shape index (κ1) is 25.1. The maximum Gasteiger partial charge on any atom is 0.412 e. The third-order valence-electron chi connectivity index (χ3n) is 5.09. The van der Waals surface area contributed by atoms with Crippen LogP contribution in [0.5, 0.6) is 0 Å². The number of hydrogen-bond acceptors (Lipinski definition) is 4. The predicted molar refractivity (Wildman–Crippen MR) is 135 cm³/mol. The van der Waals surface area contributed by atoms with Crippen LogP contribution in [0.2, 0.25) is 0 Å². The molecule has 0 saturated heterocycles. The van der Waals surface area contributed by atoms with E-state index in [2.05, 4.69) is 17.2 Å². The van der Waals surface area contributed by atoms with Crippen molar-refractivity contribution in [3.8, 4) is 0 Å². The van der Waals surface area contributed by atoms with Gasteiger partial charge in [0.05, 0.1) is 11.9 Å². The van der Waals surface area contributed by atoms with E-state index in [1.807, 2.05) is 60.7 Å². The van der Waals surface area contributed by atoms with Crippen LogP contribution in [0.25, 0.3) is 0 Å². The monoisotopic (exact) mass is 437 g/mol. The average Bonchev–Trinajstić information content (AvgIpc) is 2.86. The van der Waals surface area contributed by atoms with Crippen LogP contribution < -0.4 is 11.1 Å². The molecule has 5 nitrogen and oxygen atoms in total. The van der Waals surface area contributed by atoms with Crippen LogP contribution in [0.3, 0.4) is 0 Å². The summed E-state index contributed by atoms with van der Waals surface area (Å²) >= 11 is 0. The minimum atomic E-state index is -0.484. The SMILES string of the molecule is CC1CCCCC1.NCc1ccccc1.O=C(Nc1cccnc1)OCc1ccccc1.[HH].[HH]. The molecule has 0 unspecified atom stereocenters. The maximum absolute atomic E-state index is 11.4. The van der Waals surface area contributed by atoms with Crippen molar-refractivity contribution in [3.63, 3.8) is 0 Å². The van der Waals surface area contributed by atoms with Gasteiger partial charge in [0.1, 0.15) is 6.61 Å². The van der Waals surface area contributed by atoms with Crippen LogP contribution in [0.4, 0.5) is 10.5 Å². The fourth-order valence-corrected chi connectivity index (χ4v) is 3.23. The fraction of sp³-hybridized carbons (Fsp3) is 0.333. The van der Waals surface area contributed by atoms with Gasteiger partial charge >= 0.3 is 6.09 Å². The van der Waals surface area contributed by atoms with Crippen molar-refractivity contribution < 1.29 is 12.4 Å². The molecule has 1 aromatic heterocycles. The molecule has 4 rings (SSSR count). The molecular formula is C27H39N3O2. The van der Waals surface area contributed by atoms with Crippen LogP contribution >= 0.6 is 0 Å². The molecule has 1 amide bonds. The van der Waals surface area contributed by atoms with E-state index in [1.165, 1.54) is 37.7 Å². The van der Waals surface area contributed by atoms with Crippen molar-refractivity contribution in [2.75, 3.05) is 5.32 Å². The number of nitrogens with zero attached hydrogens (tertiary/aromatic N) is 1. The Balaban J connectivity index is 0.000000537. The average molecular weight is 438 g/mol. The van der Waals surface area contributed by atoms with Gasteiger partial charge < -0.3 is 10.5 Å². The summed E-state index contributed by atoms with van der Waals surface area (Å²) in [6.45, 7) is 3.26. The second-order valence-electron chi connectivity index (χ2n) is 7.86. The number of rotatable bonds is 4. The summed E-state index contributed by atoms with van der Waals surface area (Å²) in [5.74, 6) is 1.04. The van der Waals surface area contributed by atoms with Crippen LogP contribution in [-0.2, 0) is 17.9 Å². The summed E-state index contributed by atoms with van der Waals surface area (Å²) < 4.78 is 5.05. The number of carbonyl (C=O) groups is 1. The number of ether oxygens (including phenoxy) is 1. The van der Waals surface area contributed by atoms with Gasteiger partial charge in [-0.2, -0.15) is 0 Å². The molecule has 0 radical (unpaired) electrons. The van der Waals surface area contributed by atoms with Crippen LogP contribution in [0.15, 0.2) is 85.2 Å². The number of benzene rings is 2. The first-order valence-electron chi connectivity index (χ1n) is 11.3. The van der Waals surface area contributed by atoms with Crippen LogP contribution in [-0.4, -0.2) is 11.1 Å². The number of pyridine rings is 1. The van der Waals surface area contributed by atoms with Crippen LogP contribution in [0.1, 0.15) is 53.0 Å². The number of carbonyl (C=O) groups excluding carboxylic acids is 1. The molecule has 174 valence electrons. The topological polar surface area (TPSA) is 77.2 Å². The molecule has 3 N–H and O–H groups in total. The Hall–Kier alpha value is -3.18. The molecule has 1 aliphatic carbocycles. The first-order valence-corrected chi connectivity index (χ1v) is 11.3. The van der Waals surface area contributed by atoms with Crippen molar-refractivity contribution in [1.82, 2.24) is 4.98 Å². The lowest BCUT2D eigenvalue weighted by Gasteiger charge is -2.15. The maximum atomic E-state index is 11.4. The van der Waals surface area contributed by atoms with E-state index in [-0.39, 0.29) is 9.46 Å². The molecule has 0 aliphatic heterocycles. The van der Waals surface area contributed by atoms with E-state index < -0.39 is 6.09 Å². The molecule has 1 aliphatic rings. The van der Waals surface area contributed by atoms with Gasteiger partial charge in [-0.3, -0.25) is 10.3 Å². The van der Waals surface area contributed by atoms with Crippen molar-refractivity contribution in [2.24, 2.45) is 11.7 Å². The Bertz CT molecular complexity index is 863. The van der Waals surface area contributed by atoms with Gasteiger partial charge in [-0.25, -0.2) is 4.79 Å². The Morgan fingerprint density at radius 3 is 2.06 bits per heavy atom. The zero-order valence-electron chi connectivity index (χ0n) is 19.0. The van der Waals surface area contributed by atoms with E-state index >= 15 is 0 Å². The summed E-state index contributed by atoms with van der Waals surface area (Å²) in [6.07, 6.45) is 10.2. The zero-order chi connectivity index (χ0) is 22.9. The third-order valence-corrected chi connectivity index (χ3v) is 5.09.